The molecule has 4 heteroatoms. The minimum absolute atomic E-state index is 0.0409. The molecule has 0 aromatic carbocycles. The number of carbonyl (C=O) groups is 1. The second-order valence-corrected chi connectivity index (χ2v) is 3.91. The maximum absolute atomic E-state index is 10.3. The maximum atomic E-state index is 10.3. The second-order valence-electron chi connectivity index (χ2n) is 3.60. The van der Waals surface area contributed by atoms with Crippen LogP contribution < -0.4 is 0 Å². The quantitative estimate of drug-likeness (QED) is 0.696. The Kier molecular flexibility index (Phi) is 4.57. The number of alkyl halides is 1. The van der Waals surface area contributed by atoms with Crippen LogP contribution in [0.4, 0.5) is 0 Å². The Labute approximate surface area is 77.7 Å². The van der Waals surface area contributed by atoms with Crippen LogP contribution in [0.15, 0.2) is 0 Å². The van der Waals surface area contributed by atoms with Crippen LogP contribution in [0.3, 0.4) is 0 Å². The first-order valence-corrected chi connectivity index (χ1v) is 4.34. The van der Waals surface area contributed by atoms with Crippen LogP contribution in [-0.2, 0) is 9.53 Å². The van der Waals surface area contributed by atoms with Crippen molar-refractivity contribution >= 4 is 17.6 Å². The number of rotatable bonds is 4. The summed E-state index contributed by atoms with van der Waals surface area (Å²) in [4.78, 5) is 10.3. The van der Waals surface area contributed by atoms with Crippen LogP contribution in [0.1, 0.15) is 27.2 Å². The fourth-order valence-corrected chi connectivity index (χ4v) is 0.995. The van der Waals surface area contributed by atoms with E-state index in [9.17, 15) is 4.79 Å². The van der Waals surface area contributed by atoms with Gasteiger partial charge in [0.2, 0.25) is 0 Å². The van der Waals surface area contributed by atoms with Gasteiger partial charge in [0.25, 0.3) is 0 Å². The average molecular weight is 195 g/mol. The third-order valence-electron chi connectivity index (χ3n) is 1.09. The summed E-state index contributed by atoms with van der Waals surface area (Å²) in [7, 11) is 0. The van der Waals surface area contributed by atoms with Gasteiger partial charge in [0.15, 0.2) is 0 Å². The van der Waals surface area contributed by atoms with Gasteiger partial charge in [0, 0.05) is 5.88 Å². The van der Waals surface area contributed by atoms with Gasteiger partial charge < -0.3 is 9.84 Å². The molecule has 0 aliphatic carbocycles. The first kappa shape index (κ1) is 11.7. The van der Waals surface area contributed by atoms with Crippen molar-refractivity contribution in [3.63, 3.8) is 0 Å². The van der Waals surface area contributed by atoms with Crippen molar-refractivity contribution in [2.75, 3.05) is 5.88 Å². The van der Waals surface area contributed by atoms with E-state index in [-0.39, 0.29) is 17.9 Å². The molecular formula is C8H15ClO3. The lowest BCUT2D eigenvalue weighted by atomic mass is 10.1. The standard InChI is InChI=1S/C8H15ClO3/c1-8(2,3)12-6(5-9)4-7(10)11/h6H,4-5H2,1-3H3,(H,10,11). The summed E-state index contributed by atoms with van der Waals surface area (Å²) in [6.07, 6.45) is -0.440. The van der Waals surface area contributed by atoms with Crippen LogP contribution in [0.2, 0.25) is 0 Å². The molecule has 0 bridgehead atoms. The predicted octanol–water partition coefficient (Wildman–Crippen LogP) is 1.88. The molecule has 0 saturated carbocycles. The molecule has 0 heterocycles. The Hall–Kier alpha value is -0.280. The molecule has 0 aromatic rings. The topological polar surface area (TPSA) is 46.5 Å². The number of hydrogen-bond donors (Lipinski definition) is 1. The van der Waals surface area contributed by atoms with E-state index in [1.54, 1.807) is 0 Å². The highest BCUT2D eigenvalue weighted by molar-refractivity contribution is 6.18. The molecule has 1 N–H and O–H groups in total. The Morgan fingerprint density at radius 2 is 2.08 bits per heavy atom. The summed E-state index contributed by atoms with van der Waals surface area (Å²) in [5.41, 5.74) is -0.338. The molecule has 12 heavy (non-hydrogen) atoms. The number of hydrogen-bond acceptors (Lipinski definition) is 2. The molecule has 0 radical (unpaired) electrons. The van der Waals surface area contributed by atoms with Crippen LogP contribution >= 0.6 is 11.6 Å². The maximum Gasteiger partial charge on any atom is 0.306 e. The van der Waals surface area contributed by atoms with Crippen molar-refractivity contribution in [2.45, 2.75) is 38.9 Å². The highest BCUT2D eigenvalue weighted by Crippen LogP contribution is 2.14. The van der Waals surface area contributed by atoms with Gasteiger partial charge in [-0.2, -0.15) is 0 Å². The van der Waals surface area contributed by atoms with Crippen molar-refractivity contribution in [3.8, 4) is 0 Å². The molecule has 72 valence electrons. The van der Waals surface area contributed by atoms with Crippen LogP contribution in [0.5, 0.6) is 0 Å². The summed E-state index contributed by atoms with van der Waals surface area (Å²) in [5.74, 6) is -0.672. The first-order valence-electron chi connectivity index (χ1n) is 3.80. The Morgan fingerprint density at radius 3 is 2.33 bits per heavy atom. The smallest absolute Gasteiger partial charge is 0.306 e. The number of carboxylic acid groups (broad SMARTS) is 1. The van der Waals surface area contributed by atoms with E-state index in [0.717, 1.165) is 0 Å². The number of carboxylic acids is 1. The normalized spacial score (nSPS) is 14.3. The predicted molar refractivity (Wildman–Crippen MR) is 47.6 cm³/mol. The molecule has 0 spiro atoms. The minimum atomic E-state index is -0.884. The lowest BCUT2D eigenvalue weighted by molar-refractivity contribution is -0.142. The molecule has 0 aromatic heterocycles. The lowest BCUT2D eigenvalue weighted by Crippen LogP contribution is -2.30. The monoisotopic (exact) mass is 194 g/mol. The fourth-order valence-electron chi connectivity index (χ4n) is 0.822. The SMILES string of the molecule is CC(C)(C)OC(CCl)CC(=O)O. The van der Waals surface area contributed by atoms with Gasteiger partial charge in [-0.3, -0.25) is 4.79 Å². The van der Waals surface area contributed by atoms with Crippen molar-refractivity contribution in [2.24, 2.45) is 0 Å². The highest BCUT2D eigenvalue weighted by Gasteiger charge is 2.20. The molecule has 0 fully saturated rings. The van der Waals surface area contributed by atoms with E-state index in [2.05, 4.69) is 0 Å². The van der Waals surface area contributed by atoms with Crippen molar-refractivity contribution < 1.29 is 14.6 Å². The van der Waals surface area contributed by atoms with Crippen molar-refractivity contribution in [3.05, 3.63) is 0 Å². The average Bonchev–Trinajstić information content (AvgIpc) is 1.82. The summed E-state index contributed by atoms with van der Waals surface area (Å²) in [6, 6.07) is 0. The second kappa shape index (κ2) is 4.67. The molecule has 0 rings (SSSR count). The van der Waals surface area contributed by atoms with E-state index < -0.39 is 12.1 Å². The van der Waals surface area contributed by atoms with E-state index in [0.29, 0.717) is 0 Å². The largest absolute Gasteiger partial charge is 0.481 e. The zero-order valence-electron chi connectivity index (χ0n) is 7.63. The Balaban J connectivity index is 3.92. The molecular weight excluding hydrogens is 180 g/mol. The molecule has 1 unspecified atom stereocenters. The number of aliphatic carboxylic acids is 1. The van der Waals surface area contributed by atoms with E-state index in [1.807, 2.05) is 20.8 Å². The van der Waals surface area contributed by atoms with Gasteiger partial charge in [0.1, 0.15) is 0 Å². The van der Waals surface area contributed by atoms with Crippen molar-refractivity contribution in [1.82, 2.24) is 0 Å². The molecule has 1 atom stereocenters. The Bertz CT molecular complexity index is 151. The number of halogens is 1. The third kappa shape index (κ3) is 6.43. The summed E-state index contributed by atoms with van der Waals surface area (Å²) < 4.78 is 5.38. The molecule has 0 amide bonds. The first-order chi connectivity index (χ1) is 5.35. The molecule has 0 aliphatic rings. The van der Waals surface area contributed by atoms with Gasteiger partial charge in [0.05, 0.1) is 18.1 Å². The zero-order valence-corrected chi connectivity index (χ0v) is 8.39. The minimum Gasteiger partial charge on any atom is -0.481 e. The van der Waals surface area contributed by atoms with Crippen LogP contribution in [0.25, 0.3) is 0 Å². The molecule has 3 nitrogen and oxygen atoms in total. The van der Waals surface area contributed by atoms with Crippen LogP contribution in [-0.4, -0.2) is 28.7 Å². The fraction of sp³-hybridized carbons (Fsp3) is 0.875. The van der Waals surface area contributed by atoms with Crippen LogP contribution in [0, 0.1) is 0 Å². The van der Waals surface area contributed by atoms with Gasteiger partial charge in [-0.1, -0.05) is 0 Å². The number of ether oxygens (including phenoxy) is 1. The third-order valence-corrected chi connectivity index (χ3v) is 1.44. The zero-order chi connectivity index (χ0) is 9.78. The van der Waals surface area contributed by atoms with Gasteiger partial charge >= 0.3 is 5.97 Å². The summed E-state index contributed by atoms with van der Waals surface area (Å²) in [6.45, 7) is 5.61. The summed E-state index contributed by atoms with van der Waals surface area (Å²) in [5, 5.41) is 8.47. The van der Waals surface area contributed by atoms with Crippen molar-refractivity contribution in [1.29, 1.82) is 0 Å². The summed E-state index contributed by atoms with van der Waals surface area (Å²) >= 11 is 5.53. The van der Waals surface area contributed by atoms with E-state index in [4.69, 9.17) is 21.4 Å². The lowest BCUT2D eigenvalue weighted by Gasteiger charge is -2.25. The molecule has 0 saturated heterocycles. The van der Waals surface area contributed by atoms with E-state index >= 15 is 0 Å². The van der Waals surface area contributed by atoms with E-state index in [1.165, 1.54) is 0 Å². The van der Waals surface area contributed by atoms with Gasteiger partial charge in [-0.25, -0.2) is 0 Å². The highest BCUT2D eigenvalue weighted by atomic mass is 35.5. The Morgan fingerprint density at radius 1 is 1.58 bits per heavy atom. The molecule has 0 aliphatic heterocycles. The van der Waals surface area contributed by atoms with Gasteiger partial charge in [-0.05, 0) is 20.8 Å². The van der Waals surface area contributed by atoms with Gasteiger partial charge in [-0.15, -0.1) is 11.6 Å².